The Kier molecular flexibility index (Phi) is 4.08. The molecule has 100 valence electrons. The smallest absolute Gasteiger partial charge is 0.0913 e. The highest BCUT2D eigenvalue weighted by Crippen LogP contribution is 2.25. The molecule has 17 heavy (non-hydrogen) atoms. The summed E-state index contributed by atoms with van der Waals surface area (Å²) in [5, 5.41) is 24.8. The second kappa shape index (κ2) is 5.22. The summed E-state index contributed by atoms with van der Waals surface area (Å²) in [6.45, 7) is 5.76. The molecule has 2 fully saturated rings. The molecule has 0 aliphatic carbocycles. The largest absolute Gasteiger partial charge is 0.633 e. The monoisotopic (exact) mass is 242 g/mol. The molecule has 0 amide bonds. The van der Waals surface area contributed by atoms with Crippen molar-refractivity contribution in [2.45, 2.75) is 51.5 Å². The van der Waals surface area contributed by atoms with Gasteiger partial charge in [0.25, 0.3) is 0 Å². The molecule has 0 radical (unpaired) electrons. The summed E-state index contributed by atoms with van der Waals surface area (Å²) in [6, 6.07) is 0.114. The molecule has 0 aromatic carbocycles. The fraction of sp³-hybridized carbons (Fsp3) is 1.00. The second-order valence-corrected chi connectivity index (χ2v) is 6.03. The number of hydrogen-bond acceptors (Lipinski definition) is 2. The molecule has 0 N–H and O–H groups in total. The van der Waals surface area contributed by atoms with Crippen molar-refractivity contribution in [1.29, 1.82) is 0 Å². The minimum atomic E-state index is -0.0417. The minimum Gasteiger partial charge on any atom is -0.633 e. The fourth-order valence-electron chi connectivity index (χ4n) is 3.28. The molecular weight excluding hydrogens is 216 g/mol. The molecule has 0 aromatic heterocycles. The van der Waals surface area contributed by atoms with Crippen LogP contribution in [0.2, 0.25) is 0 Å². The van der Waals surface area contributed by atoms with Gasteiger partial charge in [-0.3, -0.25) is 0 Å². The lowest BCUT2D eigenvalue weighted by atomic mass is 10.1. The number of nitrogens with zero attached hydrogens (tertiary/aromatic N) is 2. The summed E-state index contributed by atoms with van der Waals surface area (Å²) < 4.78 is -0.0790. The highest BCUT2D eigenvalue weighted by molar-refractivity contribution is 4.63. The van der Waals surface area contributed by atoms with E-state index in [4.69, 9.17) is 0 Å². The summed E-state index contributed by atoms with van der Waals surface area (Å²) in [4.78, 5) is 0. The Hall–Kier alpha value is -0.160. The maximum absolute atomic E-state index is 12.4. The van der Waals surface area contributed by atoms with E-state index in [1.807, 2.05) is 6.92 Å². The lowest BCUT2D eigenvalue weighted by Gasteiger charge is -2.49. The molecule has 0 saturated carbocycles. The molecule has 0 bridgehead atoms. The Morgan fingerprint density at radius 3 is 2.00 bits per heavy atom. The van der Waals surface area contributed by atoms with Gasteiger partial charge in [-0.2, -0.15) is 0 Å². The van der Waals surface area contributed by atoms with Crippen LogP contribution in [0.3, 0.4) is 0 Å². The lowest BCUT2D eigenvalue weighted by molar-refractivity contribution is -0.909. The number of piperidine rings is 1. The zero-order valence-electron chi connectivity index (χ0n) is 11.1. The van der Waals surface area contributed by atoms with E-state index in [1.165, 1.54) is 6.42 Å². The number of rotatable bonds is 4. The third-order valence-corrected chi connectivity index (χ3v) is 4.71. The van der Waals surface area contributed by atoms with E-state index >= 15 is 0 Å². The molecule has 1 unspecified atom stereocenters. The first-order valence-corrected chi connectivity index (χ1v) is 7.19. The van der Waals surface area contributed by atoms with E-state index in [2.05, 4.69) is 0 Å². The molecule has 2 saturated heterocycles. The van der Waals surface area contributed by atoms with Gasteiger partial charge in [0.15, 0.2) is 0 Å². The molecule has 4 heteroatoms. The maximum atomic E-state index is 12.4. The van der Waals surface area contributed by atoms with Gasteiger partial charge in [-0.15, -0.1) is 0 Å². The quantitative estimate of drug-likeness (QED) is 0.561. The van der Waals surface area contributed by atoms with Crippen molar-refractivity contribution < 1.29 is 9.29 Å². The topological polar surface area (TPSA) is 46.1 Å². The SMILES string of the molecule is CC(CC[N+]1([O-])CCCCC1)[N+]1([O-])CCCC1. The summed E-state index contributed by atoms with van der Waals surface area (Å²) in [5.74, 6) is 0. The predicted molar refractivity (Wildman–Crippen MR) is 68.8 cm³/mol. The molecule has 2 aliphatic rings. The van der Waals surface area contributed by atoms with Crippen LogP contribution in [0.15, 0.2) is 0 Å². The van der Waals surface area contributed by atoms with Gasteiger partial charge in [-0.05, 0) is 26.2 Å². The standard InChI is InChI=1S/C13H26N2O2/c1-13(15(17)10-5-6-11-15)7-12-14(16)8-3-2-4-9-14/h13H,2-12H2,1H3. The lowest BCUT2D eigenvalue weighted by Crippen LogP contribution is -2.52. The first-order chi connectivity index (χ1) is 8.04. The van der Waals surface area contributed by atoms with Gasteiger partial charge in [-0.25, -0.2) is 0 Å². The summed E-state index contributed by atoms with van der Waals surface area (Å²) in [5.41, 5.74) is 0. The highest BCUT2D eigenvalue weighted by Gasteiger charge is 2.31. The average Bonchev–Trinajstić information content (AvgIpc) is 2.75. The number of quaternary nitrogens is 2. The van der Waals surface area contributed by atoms with Crippen LogP contribution in [0.25, 0.3) is 0 Å². The van der Waals surface area contributed by atoms with E-state index in [0.717, 1.165) is 58.3 Å². The molecule has 2 aliphatic heterocycles. The van der Waals surface area contributed by atoms with Gasteiger partial charge < -0.3 is 19.7 Å². The molecular formula is C13H26N2O2. The van der Waals surface area contributed by atoms with Crippen LogP contribution in [0.1, 0.15) is 45.4 Å². The third kappa shape index (κ3) is 3.19. The Morgan fingerprint density at radius 1 is 0.882 bits per heavy atom. The molecule has 2 heterocycles. The van der Waals surface area contributed by atoms with Crippen molar-refractivity contribution in [3.8, 4) is 0 Å². The van der Waals surface area contributed by atoms with Gasteiger partial charge in [-0.1, -0.05) is 0 Å². The highest BCUT2D eigenvalue weighted by atomic mass is 16.6. The van der Waals surface area contributed by atoms with Crippen LogP contribution < -0.4 is 0 Å². The number of likely N-dealkylation sites (tertiary alicyclic amines) is 2. The van der Waals surface area contributed by atoms with Crippen molar-refractivity contribution in [2.75, 3.05) is 32.7 Å². The van der Waals surface area contributed by atoms with Gasteiger partial charge >= 0.3 is 0 Å². The van der Waals surface area contributed by atoms with Crippen LogP contribution in [-0.2, 0) is 0 Å². The summed E-state index contributed by atoms with van der Waals surface area (Å²) >= 11 is 0. The van der Waals surface area contributed by atoms with E-state index in [1.54, 1.807) is 0 Å². The Balaban J connectivity index is 1.80. The molecule has 0 spiro atoms. The fourth-order valence-corrected chi connectivity index (χ4v) is 3.28. The summed E-state index contributed by atoms with van der Waals surface area (Å²) in [6.07, 6.45) is 6.26. The van der Waals surface area contributed by atoms with Crippen molar-refractivity contribution in [2.24, 2.45) is 0 Å². The maximum Gasteiger partial charge on any atom is 0.0913 e. The predicted octanol–water partition coefficient (Wildman–Crippen LogP) is 2.37. The van der Waals surface area contributed by atoms with Crippen molar-refractivity contribution in [3.63, 3.8) is 0 Å². The Bertz CT molecular complexity index is 246. The van der Waals surface area contributed by atoms with Gasteiger partial charge in [0.2, 0.25) is 0 Å². The van der Waals surface area contributed by atoms with Crippen LogP contribution in [0.5, 0.6) is 0 Å². The van der Waals surface area contributed by atoms with E-state index in [9.17, 15) is 10.4 Å². The minimum absolute atomic E-state index is 0.0374. The van der Waals surface area contributed by atoms with Crippen LogP contribution in [0.4, 0.5) is 0 Å². The van der Waals surface area contributed by atoms with Gasteiger partial charge in [0, 0.05) is 19.3 Å². The zero-order valence-corrected chi connectivity index (χ0v) is 11.1. The van der Waals surface area contributed by atoms with Crippen LogP contribution >= 0.6 is 0 Å². The third-order valence-electron chi connectivity index (χ3n) is 4.71. The number of hydroxylamine groups is 6. The Morgan fingerprint density at radius 2 is 1.41 bits per heavy atom. The molecule has 2 rings (SSSR count). The van der Waals surface area contributed by atoms with Crippen LogP contribution in [0, 0.1) is 10.4 Å². The van der Waals surface area contributed by atoms with E-state index < -0.39 is 0 Å². The molecule has 4 nitrogen and oxygen atoms in total. The zero-order chi connectivity index (χ0) is 12.4. The van der Waals surface area contributed by atoms with Crippen molar-refractivity contribution >= 4 is 0 Å². The molecule has 0 aromatic rings. The number of hydrogen-bond donors (Lipinski definition) is 0. The average molecular weight is 242 g/mol. The molecule has 1 atom stereocenters. The Labute approximate surface area is 105 Å². The van der Waals surface area contributed by atoms with Gasteiger partial charge in [0.1, 0.15) is 0 Å². The summed E-state index contributed by atoms with van der Waals surface area (Å²) in [7, 11) is 0. The van der Waals surface area contributed by atoms with Crippen molar-refractivity contribution in [1.82, 2.24) is 0 Å². The van der Waals surface area contributed by atoms with Crippen LogP contribution in [-0.4, -0.2) is 48.1 Å². The second-order valence-electron chi connectivity index (χ2n) is 6.03. The van der Waals surface area contributed by atoms with E-state index in [-0.39, 0.29) is 15.3 Å². The normalized spacial score (nSPS) is 29.1. The van der Waals surface area contributed by atoms with Gasteiger partial charge in [0.05, 0.1) is 38.8 Å². The van der Waals surface area contributed by atoms with E-state index in [0.29, 0.717) is 6.54 Å². The first-order valence-electron chi connectivity index (χ1n) is 7.19. The van der Waals surface area contributed by atoms with Crippen molar-refractivity contribution in [3.05, 3.63) is 10.4 Å². The first kappa shape index (κ1) is 13.3.